The first-order valence-corrected chi connectivity index (χ1v) is 8.85. The molecule has 0 radical (unpaired) electrons. The summed E-state index contributed by atoms with van der Waals surface area (Å²) in [6.07, 6.45) is -2.21. The normalized spacial score (nSPS) is 18.4. The molecule has 2 rings (SSSR count). The number of carbonyl (C=O) groups is 4. The van der Waals surface area contributed by atoms with E-state index in [0.717, 1.165) is 31.2 Å². The smallest absolute Gasteiger partial charge is 0.417 e. The van der Waals surface area contributed by atoms with Crippen LogP contribution >= 0.6 is 0 Å². The minimum Gasteiger partial charge on any atom is -0.450 e. The van der Waals surface area contributed by atoms with Crippen molar-refractivity contribution in [3.63, 3.8) is 0 Å². The van der Waals surface area contributed by atoms with Gasteiger partial charge in [0.05, 0.1) is 12.1 Å². The number of alkyl carbamates (subject to hydrolysis) is 1. The first kappa shape index (κ1) is 22.3. The van der Waals surface area contributed by atoms with Crippen molar-refractivity contribution in [1.82, 2.24) is 10.2 Å². The van der Waals surface area contributed by atoms with E-state index in [1.54, 1.807) is 0 Å². The van der Waals surface area contributed by atoms with E-state index in [4.69, 9.17) is 9.47 Å². The maximum Gasteiger partial charge on any atom is 0.417 e. The van der Waals surface area contributed by atoms with Gasteiger partial charge in [-0.15, -0.1) is 0 Å². The van der Waals surface area contributed by atoms with Crippen LogP contribution in [0.25, 0.3) is 0 Å². The third kappa shape index (κ3) is 4.20. The van der Waals surface area contributed by atoms with Crippen molar-refractivity contribution in [2.75, 3.05) is 13.2 Å². The van der Waals surface area contributed by atoms with Crippen LogP contribution in [0.5, 0.6) is 0 Å². The molecule has 1 heterocycles. The number of cyclic esters (lactones) is 1. The van der Waals surface area contributed by atoms with Crippen molar-refractivity contribution in [1.29, 1.82) is 0 Å². The highest BCUT2D eigenvalue weighted by atomic mass is 19.1. The molecular formula is C19H22F2N2O6. The molecule has 8 nitrogen and oxygen atoms in total. The number of ether oxygens (including phenoxy) is 2. The maximum absolute atomic E-state index is 16.2. The highest BCUT2D eigenvalue weighted by Gasteiger charge is 2.59. The molecule has 29 heavy (non-hydrogen) atoms. The van der Waals surface area contributed by atoms with Gasteiger partial charge in [-0.2, -0.15) is 0 Å². The topological polar surface area (TPSA) is 102 Å². The first-order valence-electron chi connectivity index (χ1n) is 8.85. The lowest BCUT2D eigenvalue weighted by Gasteiger charge is -2.36. The summed E-state index contributed by atoms with van der Waals surface area (Å²) >= 11 is 0. The van der Waals surface area contributed by atoms with E-state index in [0.29, 0.717) is 4.90 Å². The number of amides is 3. The fraction of sp³-hybridized carbons (Fsp3) is 0.474. The summed E-state index contributed by atoms with van der Waals surface area (Å²) in [5, 5.41) is 2.14. The predicted molar refractivity (Wildman–Crippen MR) is 96.1 cm³/mol. The Balaban J connectivity index is 2.58. The number of hydrogen-bond donors (Lipinski definition) is 1. The number of nitrogens with one attached hydrogen (secondary N) is 1. The van der Waals surface area contributed by atoms with E-state index >= 15 is 4.39 Å². The Morgan fingerprint density at radius 2 is 1.90 bits per heavy atom. The Morgan fingerprint density at radius 1 is 1.31 bits per heavy atom. The number of benzene rings is 1. The van der Waals surface area contributed by atoms with Gasteiger partial charge in [0.25, 0.3) is 11.6 Å². The maximum atomic E-state index is 16.2. The molecule has 3 amide bonds. The van der Waals surface area contributed by atoms with Crippen LogP contribution in [0.2, 0.25) is 0 Å². The fourth-order valence-electron chi connectivity index (χ4n) is 2.97. The highest BCUT2D eigenvalue weighted by molar-refractivity contribution is 6.14. The molecule has 2 atom stereocenters. The molecule has 1 aliphatic heterocycles. The number of carbonyl (C=O) groups excluding carboxylic acids is 4. The van der Waals surface area contributed by atoms with Gasteiger partial charge in [0.15, 0.2) is 5.78 Å². The number of Topliss-reactive ketones (excluding diaryl/α,β-unsaturated/α-hetero) is 1. The molecule has 0 aliphatic carbocycles. The zero-order chi connectivity index (χ0) is 22.0. The van der Waals surface area contributed by atoms with Crippen molar-refractivity contribution in [2.24, 2.45) is 0 Å². The highest BCUT2D eigenvalue weighted by Crippen LogP contribution is 2.37. The van der Waals surface area contributed by atoms with Crippen LogP contribution in [0.4, 0.5) is 18.4 Å². The molecule has 158 valence electrons. The molecule has 0 unspecified atom stereocenters. The molecule has 1 saturated heterocycles. The van der Waals surface area contributed by atoms with Crippen molar-refractivity contribution in [3.8, 4) is 0 Å². The van der Waals surface area contributed by atoms with Crippen LogP contribution < -0.4 is 5.32 Å². The second-order valence-electron chi connectivity index (χ2n) is 7.12. The minimum absolute atomic E-state index is 0.0548. The van der Waals surface area contributed by atoms with Crippen LogP contribution in [-0.4, -0.2) is 53.2 Å². The lowest BCUT2D eigenvalue weighted by Crippen LogP contribution is -2.61. The van der Waals surface area contributed by atoms with E-state index < -0.39 is 46.9 Å². The Bertz CT molecular complexity index is 826. The van der Waals surface area contributed by atoms with Crippen LogP contribution in [0, 0.1) is 5.82 Å². The van der Waals surface area contributed by atoms with Gasteiger partial charge in [-0.3, -0.25) is 9.59 Å². The van der Waals surface area contributed by atoms with Crippen LogP contribution in [0.1, 0.15) is 39.3 Å². The van der Waals surface area contributed by atoms with Gasteiger partial charge in [0.1, 0.15) is 18.5 Å². The summed E-state index contributed by atoms with van der Waals surface area (Å²) in [6, 6.07) is 2.31. The number of rotatable bonds is 6. The summed E-state index contributed by atoms with van der Waals surface area (Å²) < 4.78 is 39.1. The van der Waals surface area contributed by atoms with Gasteiger partial charge in [-0.25, -0.2) is 23.3 Å². The Morgan fingerprint density at radius 3 is 2.34 bits per heavy atom. The molecular weight excluding hydrogens is 390 g/mol. The summed E-state index contributed by atoms with van der Waals surface area (Å²) in [4.78, 5) is 50.1. The third-order valence-electron chi connectivity index (χ3n) is 4.50. The van der Waals surface area contributed by atoms with E-state index in [-0.39, 0.29) is 18.8 Å². The van der Waals surface area contributed by atoms with Crippen molar-refractivity contribution in [2.45, 2.75) is 44.9 Å². The Labute approximate surface area is 166 Å². The second-order valence-corrected chi connectivity index (χ2v) is 7.12. The molecule has 0 bridgehead atoms. The Kier molecular flexibility index (Phi) is 6.24. The SMILES string of the molecule is CCOC(=O)N[C@H](c1ccc(F)cc1)[C@@](F)(C(C)=O)C(=O)N1C(=O)OCC1(C)C. The predicted octanol–water partition coefficient (Wildman–Crippen LogP) is 2.67. The number of halogens is 2. The van der Waals surface area contributed by atoms with Gasteiger partial charge >= 0.3 is 12.2 Å². The monoisotopic (exact) mass is 412 g/mol. The molecule has 0 spiro atoms. The minimum atomic E-state index is -3.38. The van der Waals surface area contributed by atoms with Gasteiger partial charge < -0.3 is 14.8 Å². The molecule has 1 N–H and O–H groups in total. The number of hydrogen-bond acceptors (Lipinski definition) is 6. The van der Waals surface area contributed by atoms with Crippen LogP contribution in [-0.2, 0) is 19.1 Å². The number of nitrogens with zero attached hydrogens (tertiary/aromatic N) is 1. The van der Waals surface area contributed by atoms with Gasteiger partial charge in [-0.1, -0.05) is 12.1 Å². The quantitative estimate of drug-likeness (QED) is 0.721. The summed E-state index contributed by atoms with van der Waals surface area (Å²) in [6.45, 7) is 4.99. The van der Waals surface area contributed by atoms with Crippen molar-refractivity contribution >= 4 is 23.9 Å². The van der Waals surface area contributed by atoms with E-state index in [1.807, 2.05) is 0 Å². The zero-order valence-electron chi connectivity index (χ0n) is 16.5. The summed E-state index contributed by atoms with van der Waals surface area (Å²) in [7, 11) is 0. The van der Waals surface area contributed by atoms with Gasteiger partial charge in [-0.05, 0) is 45.4 Å². The molecule has 0 saturated carbocycles. The van der Waals surface area contributed by atoms with Gasteiger partial charge in [0.2, 0.25) is 0 Å². The molecule has 1 aliphatic rings. The number of ketones is 1. The molecule has 1 fully saturated rings. The molecule has 1 aromatic carbocycles. The van der Waals surface area contributed by atoms with Crippen LogP contribution in [0.15, 0.2) is 24.3 Å². The van der Waals surface area contributed by atoms with Crippen LogP contribution in [0.3, 0.4) is 0 Å². The lowest BCUT2D eigenvalue weighted by molar-refractivity contribution is -0.153. The van der Waals surface area contributed by atoms with E-state index in [2.05, 4.69) is 5.32 Å². The molecule has 0 aromatic heterocycles. The first-order chi connectivity index (χ1) is 13.4. The van der Waals surface area contributed by atoms with Crippen molar-refractivity contribution in [3.05, 3.63) is 35.6 Å². The number of alkyl halides is 1. The average molecular weight is 412 g/mol. The fourth-order valence-corrected chi connectivity index (χ4v) is 2.97. The van der Waals surface area contributed by atoms with E-state index in [9.17, 15) is 23.6 Å². The summed E-state index contributed by atoms with van der Waals surface area (Å²) in [5.41, 5.74) is -4.68. The third-order valence-corrected chi connectivity index (χ3v) is 4.50. The average Bonchev–Trinajstić information content (AvgIpc) is 2.92. The lowest BCUT2D eigenvalue weighted by atomic mass is 9.84. The largest absolute Gasteiger partial charge is 0.450 e. The number of imide groups is 1. The molecule has 10 heteroatoms. The summed E-state index contributed by atoms with van der Waals surface area (Å²) in [5.74, 6) is -3.40. The second kappa shape index (κ2) is 8.14. The molecule has 1 aromatic rings. The van der Waals surface area contributed by atoms with E-state index in [1.165, 1.54) is 20.8 Å². The van der Waals surface area contributed by atoms with Gasteiger partial charge in [0, 0.05) is 0 Å². The zero-order valence-corrected chi connectivity index (χ0v) is 16.5. The van der Waals surface area contributed by atoms with Crippen molar-refractivity contribution < 1.29 is 37.4 Å². The standard InChI is InChI=1S/C19H22F2N2O6/c1-5-28-16(26)22-14(12-6-8-13(20)9-7-12)19(21,11(2)24)15(25)23-17(27)29-10-18(23,3)4/h6-9,14H,5,10H2,1-4H3,(H,22,26)/t14-,19+/m1/s1. The Hall–Kier alpha value is -3.04.